The van der Waals surface area contributed by atoms with Crippen LogP contribution in [0.15, 0.2) is 24.3 Å². The summed E-state index contributed by atoms with van der Waals surface area (Å²) in [4.78, 5) is 11.3. The van der Waals surface area contributed by atoms with E-state index in [-0.39, 0.29) is 16.6 Å². The van der Waals surface area contributed by atoms with Gasteiger partial charge < -0.3 is 4.74 Å². The first kappa shape index (κ1) is 16.2. The topological polar surface area (TPSA) is 26.3 Å². The number of hydrogen-bond acceptors (Lipinski definition) is 2. The highest BCUT2D eigenvalue weighted by Gasteiger charge is 2.15. The van der Waals surface area contributed by atoms with Crippen LogP contribution in [0.3, 0.4) is 0 Å². The van der Waals surface area contributed by atoms with Gasteiger partial charge in [-0.05, 0) is 43.4 Å². The molecule has 1 atom stereocenters. The molecule has 0 bridgehead atoms. The lowest BCUT2D eigenvalue weighted by Crippen LogP contribution is -2.18. The zero-order chi connectivity index (χ0) is 14.1. The number of carbonyl (C=O) groups excluding carboxylic acids is 1. The molecule has 0 fully saturated rings. The average Bonchev–Trinajstić information content (AvgIpc) is 2.41. The van der Waals surface area contributed by atoms with Gasteiger partial charge in [-0.3, -0.25) is 4.79 Å². The summed E-state index contributed by atoms with van der Waals surface area (Å²) >= 11 is 3.35. The molecule has 1 aromatic carbocycles. The number of ether oxygens (including phenoxy) is 1. The summed E-state index contributed by atoms with van der Waals surface area (Å²) in [6, 6.07) is 6.47. The third-order valence-electron chi connectivity index (χ3n) is 2.83. The van der Waals surface area contributed by atoms with Crippen LogP contribution in [-0.4, -0.2) is 17.4 Å². The van der Waals surface area contributed by atoms with Crippen LogP contribution in [0.5, 0.6) is 0 Å². The van der Waals surface area contributed by atoms with E-state index in [2.05, 4.69) is 22.9 Å². The van der Waals surface area contributed by atoms with Gasteiger partial charge >= 0.3 is 5.97 Å². The number of alkyl halides is 1. The van der Waals surface area contributed by atoms with Crippen molar-refractivity contribution in [1.29, 1.82) is 0 Å². The van der Waals surface area contributed by atoms with Gasteiger partial charge in [0.15, 0.2) is 0 Å². The molecule has 19 heavy (non-hydrogen) atoms. The first-order valence-corrected chi connectivity index (χ1v) is 7.60. The summed E-state index contributed by atoms with van der Waals surface area (Å²) < 4.78 is 17.8. The number of unbranched alkanes of at least 4 members (excludes halogenated alkanes) is 1. The highest BCUT2D eigenvalue weighted by molar-refractivity contribution is 9.10. The number of halogens is 2. The third-order valence-corrected chi connectivity index (χ3v) is 3.67. The van der Waals surface area contributed by atoms with E-state index in [4.69, 9.17) is 4.74 Å². The molecule has 0 amide bonds. The SMILES string of the molecule is CCCCOC(=O)C(Br)CCCc1ccc(F)cc1. The Kier molecular flexibility index (Phi) is 7.72. The third kappa shape index (κ3) is 6.71. The van der Waals surface area contributed by atoms with Crippen molar-refractivity contribution in [2.45, 2.75) is 43.9 Å². The first-order valence-electron chi connectivity index (χ1n) is 6.68. The minimum atomic E-state index is -0.246. The van der Waals surface area contributed by atoms with E-state index < -0.39 is 0 Å². The summed E-state index contributed by atoms with van der Waals surface area (Å²) in [5, 5.41) is 0. The molecule has 1 rings (SSSR count). The van der Waals surface area contributed by atoms with Gasteiger partial charge in [0.05, 0.1) is 6.61 Å². The predicted molar refractivity (Wildman–Crippen MR) is 77.9 cm³/mol. The lowest BCUT2D eigenvalue weighted by molar-refractivity contribution is -0.143. The lowest BCUT2D eigenvalue weighted by Gasteiger charge is -2.09. The standard InChI is InChI=1S/C15H20BrFO2/c1-2-3-11-19-15(18)14(16)6-4-5-12-7-9-13(17)10-8-12/h7-10,14H,2-6,11H2,1H3. The number of hydrogen-bond donors (Lipinski definition) is 0. The van der Waals surface area contributed by atoms with Crippen LogP contribution in [0.4, 0.5) is 4.39 Å². The zero-order valence-electron chi connectivity index (χ0n) is 11.2. The summed E-state index contributed by atoms with van der Waals surface area (Å²) in [5.41, 5.74) is 1.08. The van der Waals surface area contributed by atoms with Crippen LogP contribution in [-0.2, 0) is 16.0 Å². The van der Waals surface area contributed by atoms with Crippen molar-refractivity contribution in [3.05, 3.63) is 35.6 Å². The van der Waals surface area contributed by atoms with Crippen LogP contribution in [0.25, 0.3) is 0 Å². The monoisotopic (exact) mass is 330 g/mol. The van der Waals surface area contributed by atoms with Gasteiger partial charge in [0.25, 0.3) is 0 Å². The Morgan fingerprint density at radius 1 is 1.32 bits per heavy atom. The minimum absolute atomic E-state index is 0.187. The number of esters is 1. The highest BCUT2D eigenvalue weighted by Crippen LogP contribution is 2.14. The minimum Gasteiger partial charge on any atom is -0.465 e. The fraction of sp³-hybridized carbons (Fsp3) is 0.533. The van der Waals surface area contributed by atoms with Crippen LogP contribution in [0, 0.1) is 5.82 Å². The van der Waals surface area contributed by atoms with Crippen molar-refractivity contribution in [2.24, 2.45) is 0 Å². The normalized spacial score (nSPS) is 12.2. The molecule has 0 radical (unpaired) electrons. The molecule has 0 aliphatic rings. The molecule has 0 spiro atoms. The first-order chi connectivity index (χ1) is 9.13. The van der Waals surface area contributed by atoms with Gasteiger partial charge in [0.1, 0.15) is 10.6 Å². The lowest BCUT2D eigenvalue weighted by atomic mass is 10.1. The quantitative estimate of drug-likeness (QED) is 0.404. The molecule has 0 aliphatic heterocycles. The summed E-state index contributed by atoms with van der Waals surface area (Å²) in [7, 11) is 0. The van der Waals surface area contributed by atoms with Gasteiger partial charge in [-0.15, -0.1) is 0 Å². The van der Waals surface area contributed by atoms with Gasteiger partial charge in [-0.1, -0.05) is 41.4 Å². The van der Waals surface area contributed by atoms with Crippen molar-refractivity contribution in [3.63, 3.8) is 0 Å². The zero-order valence-corrected chi connectivity index (χ0v) is 12.8. The van der Waals surface area contributed by atoms with Crippen LogP contribution < -0.4 is 0 Å². The maximum atomic E-state index is 12.7. The Morgan fingerprint density at radius 2 is 2.00 bits per heavy atom. The Labute approximate surface area is 122 Å². The van der Waals surface area contributed by atoms with Gasteiger partial charge in [0.2, 0.25) is 0 Å². The Balaban J connectivity index is 2.20. The molecule has 0 N–H and O–H groups in total. The molecule has 0 saturated carbocycles. The highest BCUT2D eigenvalue weighted by atomic mass is 79.9. The van der Waals surface area contributed by atoms with Crippen molar-refractivity contribution >= 4 is 21.9 Å². The number of aryl methyl sites for hydroxylation is 1. The molecule has 4 heteroatoms. The second-order valence-corrected chi connectivity index (χ2v) is 5.61. The van der Waals surface area contributed by atoms with Crippen molar-refractivity contribution in [3.8, 4) is 0 Å². The second-order valence-electron chi connectivity index (χ2n) is 4.51. The van der Waals surface area contributed by atoms with E-state index in [1.54, 1.807) is 12.1 Å². The number of rotatable bonds is 8. The molecule has 0 aromatic heterocycles. The number of carbonyl (C=O) groups is 1. The fourth-order valence-electron chi connectivity index (χ4n) is 1.66. The van der Waals surface area contributed by atoms with Crippen LogP contribution >= 0.6 is 15.9 Å². The summed E-state index contributed by atoms with van der Waals surface area (Å²) in [6.45, 7) is 2.55. The predicted octanol–water partition coefficient (Wildman–Crippen LogP) is 4.26. The van der Waals surface area contributed by atoms with E-state index in [1.165, 1.54) is 12.1 Å². The van der Waals surface area contributed by atoms with Gasteiger partial charge in [0, 0.05) is 0 Å². The van der Waals surface area contributed by atoms with E-state index in [0.29, 0.717) is 6.61 Å². The summed E-state index contributed by atoms with van der Waals surface area (Å²) in [6.07, 6.45) is 4.35. The van der Waals surface area contributed by atoms with Crippen molar-refractivity contribution in [1.82, 2.24) is 0 Å². The molecule has 106 valence electrons. The van der Waals surface area contributed by atoms with E-state index in [0.717, 1.165) is 37.7 Å². The molecule has 0 saturated heterocycles. The van der Waals surface area contributed by atoms with E-state index >= 15 is 0 Å². The Morgan fingerprint density at radius 3 is 2.63 bits per heavy atom. The molecule has 1 unspecified atom stereocenters. The Bertz CT molecular complexity index is 378. The van der Waals surface area contributed by atoms with Crippen molar-refractivity contribution in [2.75, 3.05) is 6.61 Å². The van der Waals surface area contributed by atoms with Crippen LogP contribution in [0.1, 0.15) is 38.2 Å². The van der Waals surface area contributed by atoms with E-state index in [1.807, 2.05) is 0 Å². The van der Waals surface area contributed by atoms with Crippen molar-refractivity contribution < 1.29 is 13.9 Å². The maximum absolute atomic E-state index is 12.7. The molecule has 0 heterocycles. The van der Waals surface area contributed by atoms with Gasteiger partial charge in [-0.2, -0.15) is 0 Å². The molecule has 2 nitrogen and oxygen atoms in total. The Hall–Kier alpha value is -0.900. The molecule has 1 aromatic rings. The van der Waals surface area contributed by atoms with Crippen LogP contribution in [0.2, 0.25) is 0 Å². The fourth-order valence-corrected chi connectivity index (χ4v) is 2.12. The molecule has 0 aliphatic carbocycles. The molecular formula is C15H20BrFO2. The second kappa shape index (κ2) is 9.08. The van der Waals surface area contributed by atoms with Gasteiger partial charge in [-0.25, -0.2) is 4.39 Å². The largest absolute Gasteiger partial charge is 0.465 e. The smallest absolute Gasteiger partial charge is 0.319 e. The maximum Gasteiger partial charge on any atom is 0.319 e. The van der Waals surface area contributed by atoms with E-state index in [9.17, 15) is 9.18 Å². The average molecular weight is 331 g/mol. The summed E-state index contributed by atoms with van der Waals surface area (Å²) in [5.74, 6) is -0.408. The number of benzene rings is 1. The molecular weight excluding hydrogens is 311 g/mol.